The van der Waals surface area contributed by atoms with Crippen molar-refractivity contribution in [2.24, 2.45) is 0 Å². The summed E-state index contributed by atoms with van der Waals surface area (Å²) in [4.78, 5) is 12.1. The first-order valence-corrected chi connectivity index (χ1v) is 7.56. The van der Waals surface area contributed by atoms with Gasteiger partial charge in [0.05, 0.1) is 5.56 Å². The van der Waals surface area contributed by atoms with Gasteiger partial charge in [-0.25, -0.2) is 4.39 Å². The van der Waals surface area contributed by atoms with Crippen molar-refractivity contribution in [1.82, 2.24) is 5.32 Å². The Labute approximate surface area is 132 Å². The fourth-order valence-corrected chi connectivity index (χ4v) is 2.40. The monoisotopic (exact) mass is 349 g/mol. The summed E-state index contributed by atoms with van der Waals surface area (Å²) in [6.45, 7) is 3.70. The Morgan fingerprint density at radius 3 is 2.52 bits per heavy atom. The van der Waals surface area contributed by atoms with E-state index in [1.54, 1.807) is 13.0 Å². The quantitative estimate of drug-likeness (QED) is 0.877. The highest BCUT2D eigenvalue weighted by Gasteiger charge is 2.14. The molecule has 110 valence electrons. The predicted octanol–water partition coefficient (Wildman–Crippen LogP) is 4.26. The molecule has 0 spiro atoms. The Kier molecular flexibility index (Phi) is 5.12. The van der Waals surface area contributed by atoms with Crippen molar-refractivity contribution in [2.75, 3.05) is 0 Å². The van der Waals surface area contributed by atoms with Gasteiger partial charge in [0.15, 0.2) is 0 Å². The Hall–Kier alpha value is -1.68. The maximum Gasteiger partial charge on any atom is 0.254 e. The predicted molar refractivity (Wildman–Crippen MR) is 85.9 cm³/mol. The molecule has 0 saturated heterocycles. The Balaban J connectivity index is 2.00. The second kappa shape index (κ2) is 6.85. The Bertz CT molecular complexity index is 640. The maximum atomic E-state index is 13.8. The van der Waals surface area contributed by atoms with Gasteiger partial charge in [0, 0.05) is 10.5 Å². The van der Waals surface area contributed by atoms with E-state index in [1.165, 1.54) is 12.1 Å². The molecule has 0 heterocycles. The molecular weight excluding hydrogens is 333 g/mol. The summed E-state index contributed by atoms with van der Waals surface area (Å²) in [6.07, 6.45) is 0.701. The number of aryl methyl sites for hydroxylation is 1. The number of amides is 1. The molecule has 2 rings (SSSR count). The van der Waals surface area contributed by atoms with E-state index in [-0.39, 0.29) is 17.5 Å². The molecule has 0 radical (unpaired) electrons. The zero-order valence-corrected chi connectivity index (χ0v) is 13.6. The van der Waals surface area contributed by atoms with E-state index >= 15 is 0 Å². The normalized spacial score (nSPS) is 12.0. The van der Waals surface area contributed by atoms with Crippen LogP contribution in [0.3, 0.4) is 0 Å². The zero-order valence-electron chi connectivity index (χ0n) is 12.0. The lowest BCUT2D eigenvalue weighted by molar-refractivity contribution is 0.0936. The summed E-state index contributed by atoms with van der Waals surface area (Å²) in [6, 6.07) is 12.5. The molecule has 4 heteroatoms. The van der Waals surface area contributed by atoms with Gasteiger partial charge in [-0.2, -0.15) is 0 Å². The van der Waals surface area contributed by atoms with Crippen LogP contribution in [0.15, 0.2) is 46.9 Å². The van der Waals surface area contributed by atoms with Crippen LogP contribution in [-0.2, 0) is 6.42 Å². The van der Waals surface area contributed by atoms with E-state index in [0.717, 1.165) is 15.6 Å². The van der Waals surface area contributed by atoms with Crippen LogP contribution in [0.1, 0.15) is 28.4 Å². The first kappa shape index (κ1) is 15.7. The number of halogens is 2. The average molecular weight is 350 g/mol. The van der Waals surface area contributed by atoms with Crippen LogP contribution >= 0.6 is 15.9 Å². The highest BCUT2D eigenvalue weighted by atomic mass is 79.9. The van der Waals surface area contributed by atoms with Crippen molar-refractivity contribution in [3.63, 3.8) is 0 Å². The number of benzene rings is 2. The van der Waals surface area contributed by atoms with Crippen LogP contribution in [0.25, 0.3) is 0 Å². The van der Waals surface area contributed by atoms with Crippen LogP contribution in [0.2, 0.25) is 0 Å². The molecule has 2 nitrogen and oxygen atoms in total. The molecule has 1 amide bonds. The number of carbonyl (C=O) groups excluding carboxylic acids is 1. The molecule has 0 aromatic heterocycles. The molecule has 0 saturated carbocycles. The van der Waals surface area contributed by atoms with E-state index in [4.69, 9.17) is 0 Å². The van der Waals surface area contributed by atoms with Gasteiger partial charge in [-0.1, -0.05) is 34.1 Å². The molecule has 1 N–H and O–H groups in total. The molecule has 0 bridgehead atoms. The third kappa shape index (κ3) is 4.39. The van der Waals surface area contributed by atoms with Crippen molar-refractivity contribution in [3.05, 3.63) is 69.4 Å². The molecule has 2 aromatic carbocycles. The van der Waals surface area contributed by atoms with E-state index in [9.17, 15) is 9.18 Å². The van der Waals surface area contributed by atoms with Crippen molar-refractivity contribution < 1.29 is 9.18 Å². The lowest BCUT2D eigenvalue weighted by Crippen LogP contribution is -2.34. The number of hydrogen-bond acceptors (Lipinski definition) is 1. The Morgan fingerprint density at radius 2 is 1.90 bits per heavy atom. The molecule has 1 unspecified atom stereocenters. The molecule has 2 aromatic rings. The van der Waals surface area contributed by atoms with Crippen molar-refractivity contribution in [2.45, 2.75) is 26.3 Å². The summed E-state index contributed by atoms with van der Waals surface area (Å²) in [5, 5.41) is 2.83. The molecule has 1 atom stereocenters. The average Bonchev–Trinajstić information content (AvgIpc) is 2.41. The summed E-state index contributed by atoms with van der Waals surface area (Å²) in [7, 11) is 0. The van der Waals surface area contributed by atoms with Gasteiger partial charge < -0.3 is 5.32 Å². The minimum Gasteiger partial charge on any atom is -0.349 e. The van der Waals surface area contributed by atoms with Crippen molar-refractivity contribution in [3.8, 4) is 0 Å². The molecule has 0 fully saturated rings. The fourth-order valence-electron chi connectivity index (χ4n) is 2.13. The fraction of sp³-hybridized carbons (Fsp3) is 0.235. The van der Waals surface area contributed by atoms with Crippen molar-refractivity contribution >= 4 is 21.8 Å². The first-order chi connectivity index (χ1) is 9.95. The van der Waals surface area contributed by atoms with Gasteiger partial charge in [0.25, 0.3) is 5.91 Å². The van der Waals surface area contributed by atoms with Gasteiger partial charge in [-0.05, 0) is 55.7 Å². The van der Waals surface area contributed by atoms with Crippen LogP contribution in [0.4, 0.5) is 4.39 Å². The van der Waals surface area contributed by atoms with Crippen LogP contribution in [-0.4, -0.2) is 11.9 Å². The lowest BCUT2D eigenvalue weighted by Gasteiger charge is -2.14. The van der Waals surface area contributed by atoms with E-state index in [0.29, 0.717) is 6.42 Å². The first-order valence-electron chi connectivity index (χ1n) is 6.77. The summed E-state index contributed by atoms with van der Waals surface area (Å²) < 4.78 is 14.8. The van der Waals surface area contributed by atoms with Gasteiger partial charge >= 0.3 is 0 Å². The second-order valence-corrected chi connectivity index (χ2v) is 6.10. The molecule has 0 aliphatic rings. The standard InChI is InChI=1S/C17H17BrFNO/c1-11-3-8-15(16(19)9-11)17(21)20-12(2)10-13-4-6-14(18)7-5-13/h3-9,12H,10H2,1-2H3,(H,20,21). The number of hydrogen-bond donors (Lipinski definition) is 1. The van der Waals surface area contributed by atoms with Crippen LogP contribution < -0.4 is 5.32 Å². The number of nitrogens with one attached hydrogen (secondary N) is 1. The zero-order chi connectivity index (χ0) is 15.4. The highest BCUT2D eigenvalue weighted by molar-refractivity contribution is 9.10. The Morgan fingerprint density at radius 1 is 1.24 bits per heavy atom. The molecule has 0 aliphatic carbocycles. The number of rotatable bonds is 4. The minimum atomic E-state index is -0.483. The largest absolute Gasteiger partial charge is 0.349 e. The van der Waals surface area contributed by atoms with Gasteiger partial charge in [-0.3, -0.25) is 4.79 Å². The van der Waals surface area contributed by atoms with Gasteiger partial charge in [0.2, 0.25) is 0 Å². The summed E-state index contributed by atoms with van der Waals surface area (Å²) in [5.74, 6) is -0.861. The van der Waals surface area contributed by atoms with Crippen LogP contribution in [0, 0.1) is 12.7 Å². The van der Waals surface area contributed by atoms with Gasteiger partial charge in [0.1, 0.15) is 5.82 Å². The smallest absolute Gasteiger partial charge is 0.254 e. The van der Waals surface area contributed by atoms with E-state index < -0.39 is 5.82 Å². The van der Waals surface area contributed by atoms with Gasteiger partial charge in [-0.15, -0.1) is 0 Å². The maximum absolute atomic E-state index is 13.8. The topological polar surface area (TPSA) is 29.1 Å². The molecule has 0 aliphatic heterocycles. The summed E-state index contributed by atoms with van der Waals surface area (Å²) in [5.41, 5.74) is 2.01. The van der Waals surface area contributed by atoms with Crippen LogP contribution in [0.5, 0.6) is 0 Å². The highest BCUT2D eigenvalue weighted by Crippen LogP contribution is 2.13. The second-order valence-electron chi connectivity index (χ2n) is 5.19. The minimum absolute atomic E-state index is 0.0700. The SMILES string of the molecule is Cc1ccc(C(=O)NC(C)Cc2ccc(Br)cc2)c(F)c1. The number of carbonyl (C=O) groups is 1. The summed E-state index contributed by atoms with van der Waals surface area (Å²) >= 11 is 3.38. The molecular formula is C17H17BrFNO. The molecule has 21 heavy (non-hydrogen) atoms. The lowest BCUT2D eigenvalue weighted by atomic mass is 10.1. The third-order valence-electron chi connectivity index (χ3n) is 3.20. The third-order valence-corrected chi connectivity index (χ3v) is 3.73. The van der Waals surface area contributed by atoms with Crippen molar-refractivity contribution in [1.29, 1.82) is 0 Å². The van der Waals surface area contributed by atoms with E-state index in [1.807, 2.05) is 31.2 Å². The van der Waals surface area contributed by atoms with E-state index in [2.05, 4.69) is 21.2 Å².